The van der Waals surface area contributed by atoms with E-state index in [1.54, 1.807) is 38.5 Å². The minimum Gasteiger partial charge on any atom is -0.497 e. The number of ether oxygens (including phenoxy) is 2. The lowest BCUT2D eigenvalue weighted by molar-refractivity contribution is 0.0996. The van der Waals surface area contributed by atoms with Gasteiger partial charge in [0.25, 0.3) is 11.9 Å². The van der Waals surface area contributed by atoms with Crippen molar-refractivity contribution < 1.29 is 14.3 Å². The number of amides is 1. The van der Waals surface area contributed by atoms with Crippen LogP contribution < -0.4 is 4.74 Å². The molecule has 0 spiro atoms. The first-order chi connectivity index (χ1) is 9.24. The van der Waals surface area contributed by atoms with E-state index in [1.807, 2.05) is 4.90 Å². The number of aliphatic imine (C=N–C) groups is 1. The number of carbonyl (C=O) groups is 1. The van der Waals surface area contributed by atoms with E-state index in [1.165, 1.54) is 0 Å². The van der Waals surface area contributed by atoms with Crippen LogP contribution in [-0.4, -0.2) is 44.1 Å². The number of likely N-dealkylation sites (tertiary alicyclic amines) is 1. The van der Waals surface area contributed by atoms with E-state index in [9.17, 15) is 4.79 Å². The Balaban J connectivity index is 2.12. The number of methoxy groups -OCH3 is 2. The fourth-order valence-electron chi connectivity index (χ4n) is 2.04. The molecule has 102 valence electrons. The van der Waals surface area contributed by atoms with E-state index in [4.69, 9.17) is 9.47 Å². The summed E-state index contributed by atoms with van der Waals surface area (Å²) in [5.41, 5.74) is 0.523. The van der Waals surface area contributed by atoms with Crippen molar-refractivity contribution in [1.82, 2.24) is 4.90 Å². The van der Waals surface area contributed by atoms with Crippen LogP contribution in [0.25, 0.3) is 0 Å². The smallest absolute Gasteiger partial charge is 0.295 e. The number of carbonyl (C=O) groups excluding carboxylic acids is 1. The van der Waals surface area contributed by atoms with Gasteiger partial charge in [0.1, 0.15) is 5.75 Å². The summed E-state index contributed by atoms with van der Waals surface area (Å²) in [5, 5.41) is 0. The first-order valence-corrected chi connectivity index (χ1v) is 6.30. The zero-order valence-corrected chi connectivity index (χ0v) is 11.3. The fourth-order valence-corrected chi connectivity index (χ4v) is 2.04. The van der Waals surface area contributed by atoms with Gasteiger partial charge in [-0.05, 0) is 37.1 Å². The molecular formula is C14H18N2O3. The third kappa shape index (κ3) is 3.24. The molecule has 0 unspecified atom stereocenters. The highest BCUT2D eigenvalue weighted by Gasteiger charge is 2.18. The van der Waals surface area contributed by atoms with Gasteiger partial charge in [0.2, 0.25) is 0 Å². The summed E-state index contributed by atoms with van der Waals surface area (Å²) in [7, 11) is 3.13. The second-order valence-corrected chi connectivity index (χ2v) is 4.33. The van der Waals surface area contributed by atoms with Crippen molar-refractivity contribution in [3.63, 3.8) is 0 Å². The Morgan fingerprint density at radius 1 is 1.16 bits per heavy atom. The second kappa shape index (κ2) is 6.22. The van der Waals surface area contributed by atoms with Gasteiger partial charge in [-0.1, -0.05) is 0 Å². The number of nitrogens with zero attached hydrogens (tertiary/aromatic N) is 2. The monoisotopic (exact) mass is 262 g/mol. The summed E-state index contributed by atoms with van der Waals surface area (Å²) in [6.45, 7) is 1.78. The van der Waals surface area contributed by atoms with E-state index in [2.05, 4.69) is 4.99 Å². The second-order valence-electron chi connectivity index (χ2n) is 4.33. The minimum absolute atomic E-state index is 0.300. The van der Waals surface area contributed by atoms with Gasteiger partial charge in [0.15, 0.2) is 0 Å². The van der Waals surface area contributed by atoms with Crippen LogP contribution in [0, 0.1) is 0 Å². The average Bonchev–Trinajstić information content (AvgIpc) is 2.98. The van der Waals surface area contributed by atoms with Gasteiger partial charge in [-0.3, -0.25) is 4.79 Å². The van der Waals surface area contributed by atoms with Crippen LogP contribution in [-0.2, 0) is 4.74 Å². The molecule has 1 aromatic carbocycles. The van der Waals surface area contributed by atoms with Crippen molar-refractivity contribution in [1.29, 1.82) is 0 Å². The molecule has 1 saturated heterocycles. The Morgan fingerprint density at radius 2 is 1.79 bits per heavy atom. The van der Waals surface area contributed by atoms with Crippen LogP contribution in [0.4, 0.5) is 0 Å². The topological polar surface area (TPSA) is 51.1 Å². The Morgan fingerprint density at radius 3 is 2.32 bits per heavy atom. The van der Waals surface area contributed by atoms with Crippen molar-refractivity contribution in [2.24, 2.45) is 4.99 Å². The van der Waals surface area contributed by atoms with Crippen molar-refractivity contribution in [2.75, 3.05) is 27.3 Å². The van der Waals surface area contributed by atoms with Crippen LogP contribution >= 0.6 is 0 Å². The molecule has 2 rings (SSSR count). The third-order valence-corrected chi connectivity index (χ3v) is 3.09. The zero-order valence-electron chi connectivity index (χ0n) is 11.3. The van der Waals surface area contributed by atoms with E-state index in [0.29, 0.717) is 17.3 Å². The molecule has 0 saturated carbocycles. The molecule has 19 heavy (non-hydrogen) atoms. The van der Waals surface area contributed by atoms with Crippen molar-refractivity contribution in [3.05, 3.63) is 29.8 Å². The molecule has 5 heteroatoms. The van der Waals surface area contributed by atoms with Crippen LogP contribution in [0.1, 0.15) is 23.2 Å². The van der Waals surface area contributed by atoms with Gasteiger partial charge in [-0.2, -0.15) is 4.99 Å². The molecule has 1 aliphatic heterocycles. The average molecular weight is 262 g/mol. The van der Waals surface area contributed by atoms with Gasteiger partial charge < -0.3 is 14.4 Å². The first kappa shape index (κ1) is 13.4. The first-order valence-electron chi connectivity index (χ1n) is 6.30. The molecule has 5 nitrogen and oxygen atoms in total. The number of hydrogen-bond donors (Lipinski definition) is 0. The molecular weight excluding hydrogens is 244 g/mol. The normalized spacial score (nSPS) is 15.5. The molecule has 1 amide bonds. The molecule has 0 N–H and O–H groups in total. The predicted octanol–water partition coefficient (Wildman–Crippen LogP) is 1.93. The highest BCUT2D eigenvalue weighted by atomic mass is 16.5. The molecule has 1 heterocycles. The molecule has 1 fully saturated rings. The molecule has 0 radical (unpaired) electrons. The summed E-state index contributed by atoms with van der Waals surface area (Å²) in [6, 6.07) is 7.28. The molecule has 1 aliphatic rings. The highest BCUT2D eigenvalue weighted by Crippen LogP contribution is 2.13. The van der Waals surface area contributed by atoms with Crippen molar-refractivity contribution >= 4 is 11.9 Å². The van der Waals surface area contributed by atoms with E-state index >= 15 is 0 Å². The largest absolute Gasteiger partial charge is 0.497 e. The standard InChI is InChI=1S/C14H18N2O3/c1-18-12-7-5-11(6-8-12)13(17)15-14(19-2)16-9-3-4-10-16/h5-8H,3-4,9-10H2,1-2H3. The summed E-state index contributed by atoms with van der Waals surface area (Å²) < 4.78 is 10.3. The maximum Gasteiger partial charge on any atom is 0.295 e. The maximum absolute atomic E-state index is 12.0. The number of rotatable bonds is 2. The van der Waals surface area contributed by atoms with Gasteiger partial charge >= 0.3 is 0 Å². The lowest BCUT2D eigenvalue weighted by atomic mass is 10.2. The molecule has 1 aromatic rings. The third-order valence-electron chi connectivity index (χ3n) is 3.09. The van der Waals surface area contributed by atoms with E-state index < -0.39 is 0 Å². The number of hydrogen-bond acceptors (Lipinski definition) is 3. The Hall–Kier alpha value is -2.04. The Bertz CT molecular complexity index is 462. The lowest BCUT2D eigenvalue weighted by Crippen LogP contribution is -2.30. The lowest BCUT2D eigenvalue weighted by Gasteiger charge is -2.17. The summed E-state index contributed by atoms with van der Waals surface area (Å²) in [4.78, 5) is 18.1. The van der Waals surface area contributed by atoms with Crippen LogP contribution in [0.5, 0.6) is 5.75 Å². The Kier molecular flexibility index (Phi) is 4.39. The van der Waals surface area contributed by atoms with Gasteiger partial charge in [-0.15, -0.1) is 0 Å². The zero-order chi connectivity index (χ0) is 13.7. The van der Waals surface area contributed by atoms with Gasteiger partial charge in [-0.25, -0.2) is 0 Å². The van der Waals surface area contributed by atoms with Crippen molar-refractivity contribution in [2.45, 2.75) is 12.8 Å². The van der Waals surface area contributed by atoms with Crippen LogP contribution in [0.15, 0.2) is 29.3 Å². The molecule has 0 atom stereocenters. The van der Waals surface area contributed by atoms with E-state index in [-0.39, 0.29) is 5.91 Å². The Labute approximate surface area is 112 Å². The minimum atomic E-state index is -0.300. The number of benzene rings is 1. The summed E-state index contributed by atoms with van der Waals surface area (Å²) >= 11 is 0. The van der Waals surface area contributed by atoms with Crippen LogP contribution in [0.2, 0.25) is 0 Å². The molecule has 0 bridgehead atoms. The quantitative estimate of drug-likeness (QED) is 0.603. The highest BCUT2D eigenvalue weighted by molar-refractivity contribution is 6.01. The van der Waals surface area contributed by atoms with Crippen LogP contribution in [0.3, 0.4) is 0 Å². The molecule has 0 aromatic heterocycles. The van der Waals surface area contributed by atoms with Crippen molar-refractivity contribution in [3.8, 4) is 5.75 Å². The maximum atomic E-state index is 12.0. The number of amidine groups is 1. The summed E-state index contributed by atoms with van der Waals surface area (Å²) in [5.74, 6) is 0.415. The fraction of sp³-hybridized carbons (Fsp3) is 0.429. The predicted molar refractivity (Wildman–Crippen MR) is 72.6 cm³/mol. The molecule has 0 aliphatic carbocycles. The summed E-state index contributed by atoms with van der Waals surface area (Å²) in [6.07, 6.45) is 2.22. The SMILES string of the molecule is COC(=NC(=O)c1ccc(OC)cc1)N1CCCC1. The van der Waals surface area contributed by atoms with E-state index in [0.717, 1.165) is 25.9 Å². The van der Waals surface area contributed by atoms with Gasteiger partial charge in [0.05, 0.1) is 14.2 Å². The van der Waals surface area contributed by atoms with Gasteiger partial charge in [0, 0.05) is 18.7 Å².